The molecule has 2 rings (SSSR count). The summed E-state index contributed by atoms with van der Waals surface area (Å²) in [6.07, 6.45) is 2.92. The van der Waals surface area contributed by atoms with Crippen molar-refractivity contribution in [2.75, 3.05) is 39.6 Å². The van der Waals surface area contributed by atoms with Gasteiger partial charge < -0.3 is 20.1 Å². The minimum absolute atomic E-state index is 0. The van der Waals surface area contributed by atoms with Crippen molar-refractivity contribution in [3.63, 3.8) is 0 Å². The average Bonchev–Trinajstić information content (AvgIpc) is 2.72. The van der Waals surface area contributed by atoms with E-state index in [-0.39, 0.29) is 54.2 Å². The van der Waals surface area contributed by atoms with Gasteiger partial charge >= 0.3 is 0 Å². The summed E-state index contributed by atoms with van der Waals surface area (Å²) < 4.78 is 51.3. The van der Waals surface area contributed by atoms with Gasteiger partial charge in [0.15, 0.2) is 17.5 Å². The number of ether oxygens (including phenoxy) is 2. The van der Waals surface area contributed by atoms with Crippen LogP contribution in [0, 0.1) is 5.82 Å². The van der Waals surface area contributed by atoms with Crippen molar-refractivity contribution in [2.45, 2.75) is 38.3 Å². The zero-order valence-corrected chi connectivity index (χ0v) is 20.8. The second kappa shape index (κ2) is 13.3. The molecule has 1 fully saturated rings. The lowest BCUT2D eigenvalue weighted by atomic mass is 10.1. The van der Waals surface area contributed by atoms with E-state index in [9.17, 15) is 12.8 Å². The number of benzene rings is 1. The van der Waals surface area contributed by atoms with Crippen molar-refractivity contribution in [2.24, 2.45) is 4.99 Å². The first kappa shape index (κ1) is 26.9. The zero-order valence-electron chi connectivity index (χ0n) is 17.6. The molecule has 0 spiro atoms. The molecule has 1 aromatic carbocycles. The van der Waals surface area contributed by atoms with Gasteiger partial charge in [-0.25, -0.2) is 17.5 Å². The molecule has 0 amide bonds. The van der Waals surface area contributed by atoms with E-state index in [1.54, 1.807) is 19.2 Å². The fraction of sp³-hybridized carbons (Fsp3) is 0.632. The highest BCUT2D eigenvalue weighted by Crippen LogP contribution is 2.21. The summed E-state index contributed by atoms with van der Waals surface area (Å²) in [4.78, 5) is 4.09. The summed E-state index contributed by atoms with van der Waals surface area (Å²) in [5, 5.41) is 6.09. The SMILES string of the molecule is CN=C(NCCS(=O)(=O)NCC1CCCCO1)NC(C)c1ccc(OC)c(F)c1.I. The molecule has 1 aliphatic rings. The molecule has 0 aliphatic carbocycles. The number of nitrogens with one attached hydrogen (secondary N) is 3. The fourth-order valence-electron chi connectivity index (χ4n) is 3.00. The Labute approximate surface area is 195 Å². The molecule has 0 aromatic heterocycles. The van der Waals surface area contributed by atoms with E-state index in [4.69, 9.17) is 9.47 Å². The van der Waals surface area contributed by atoms with Crippen LogP contribution in [0.2, 0.25) is 0 Å². The maximum absolute atomic E-state index is 13.9. The van der Waals surface area contributed by atoms with E-state index in [1.165, 1.54) is 13.2 Å². The number of aliphatic imine (C=N–C) groups is 1. The molecule has 2 unspecified atom stereocenters. The maximum Gasteiger partial charge on any atom is 0.213 e. The van der Waals surface area contributed by atoms with Gasteiger partial charge in [0.1, 0.15) is 0 Å². The van der Waals surface area contributed by atoms with Gasteiger partial charge in [0.05, 0.1) is 25.0 Å². The van der Waals surface area contributed by atoms with Crippen molar-refractivity contribution >= 4 is 40.0 Å². The molecule has 8 nitrogen and oxygen atoms in total. The minimum Gasteiger partial charge on any atom is -0.494 e. The van der Waals surface area contributed by atoms with E-state index in [2.05, 4.69) is 20.3 Å². The Balaban J connectivity index is 0.00000450. The number of sulfonamides is 1. The van der Waals surface area contributed by atoms with Gasteiger partial charge in [-0.1, -0.05) is 6.07 Å². The maximum atomic E-state index is 13.9. The largest absolute Gasteiger partial charge is 0.494 e. The standard InChI is InChI=1S/C19H31FN4O4S.HI/c1-14(15-7-8-18(27-3)17(20)12-15)24-19(21-2)22-9-11-29(25,26)23-13-16-6-4-5-10-28-16;/h7-8,12,14,16,23H,4-6,9-11,13H2,1-3H3,(H2,21,22,24);1H. The van der Waals surface area contributed by atoms with Crippen molar-refractivity contribution in [1.82, 2.24) is 15.4 Å². The summed E-state index contributed by atoms with van der Waals surface area (Å²) in [6, 6.07) is 4.48. The number of hydrogen-bond acceptors (Lipinski definition) is 5. The van der Waals surface area contributed by atoms with Gasteiger partial charge in [0.2, 0.25) is 10.0 Å². The first-order valence-electron chi connectivity index (χ1n) is 9.74. The van der Waals surface area contributed by atoms with Crippen LogP contribution in [0.25, 0.3) is 0 Å². The molecule has 30 heavy (non-hydrogen) atoms. The Bertz CT molecular complexity index is 789. The number of nitrogens with zero attached hydrogens (tertiary/aromatic N) is 1. The number of hydrogen-bond donors (Lipinski definition) is 3. The van der Waals surface area contributed by atoms with Crippen LogP contribution in [0.5, 0.6) is 5.75 Å². The van der Waals surface area contributed by atoms with Crippen LogP contribution in [0.4, 0.5) is 4.39 Å². The molecule has 0 radical (unpaired) electrons. The molecule has 1 aliphatic heterocycles. The third-order valence-corrected chi connectivity index (χ3v) is 6.07. The monoisotopic (exact) mass is 558 g/mol. The molecule has 2 atom stereocenters. The van der Waals surface area contributed by atoms with E-state index in [1.807, 2.05) is 6.92 Å². The van der Waals surface area contributed by atoms with Crippen LogP contribution in [0.1, 0.15) is 37.8 Å². The quantitative estimate of drug-likeness (QED) is 0.244. The topological polar surface area (TPSA) is 101 Å². The summed E-state index contributed by atoms with van der Waals surface area (Å²) >= 11 is 0. The van der Waals surface area contributed by atoms with Crippen LogP contribution >= 0.6 is 24.0 Å². The van der Waals surface area contributed by atoms with E-state index < -0.39 is 15.8 Å². The predicted octanol–water partition coefficient (Wildman–Crippen LogP) is 2.17. The van der Waals surface area contributed by atoms with Crippen LogP contribution in [-0.2, 0) is 14.8 Å². The highest BCUT2D eigenvalue weighted by Gasteiger charge is 2.18. The third-order valence-electron chi connectivity index (χ3n) is 4.72. The predicted molar refractivity (Wildman–Crippen MR) is 127 cm³/mol. The lowest BCUT2D eigenvalue weighted by Gasteiger charge is -2.22. The van der Waals surface area contributed by atoms with E-state index >= 15 is 0 Å². The first-order valence-corrected chi connectivity index (χ1v) is 11.4. The minimum atomic E-state index is -3.42. The van der Waals surface area contributed by atoms with Crippen LogP contribution in [-0.4, -0.2) is 60.1 Å². The number of methoxy groups -OCH3 is 1. The van der Waals surface area contributed by atoms with Gasteiger partial charge in [-0.2, -0.15) is 0 Å². The van der Waals surface area contributed by atoms with Crippen LogP contribution in [0.15, 0.2) is 23.2 Å². The van der Waals surface area contributed by atoms with Crippen LogP contribution < -0.4 is 20.1 Å². The van der Waals surface area contributed by atoms with Gasteiger partial charge in [-0.05, 0) is 43.9 Å². The van der Waals surface area contributed by atoms with Crippen molar-refractivity contribution in [3.05, 3.63) is 29.6 Å². The smallest absolute Gasteiger partial charge is 0.213 e. The molecular weight excluding hydrogens is 526 g/mol. The molecule has 1 saturated heterocycles. The third kappa shape index (κ3) is 8.90. The first-order chi connectivity index (χ1) is 13.8. The molecular formula is C19H32FIN4O4S. The van der Waals surface area contributed by atoms with Gasteiger partial charge in [-0.15, -0.1) is 24.0 Å². The normalized spacial score (nSPS) is 18.3. The Morgan fingerprint density at radius 1 is 1.40 bits per heavy atom. The second-order valence-corrected chi connectivity index (χ2v) is 8.84. The molecule has 1 aromatic rings. The number of rotatable bonds is 9. The molecule has 0 saturated carbocycles. The number of halogens is 2. The Hall–Kier alpha value is -1.18. The Morgan fingerprint density at radius 3 is 2.77 bits per heavy atom. The van der Waals surface area contributed by atoms with E-state index in [0.717, 1.165) is 19.3 Å². The number of guanidine groups is 1. The fourth-order valence-corrected chi connectivity index (χ4v) is 3.95. The summed E-state index contributed by atoms with van der Waals surface area (Å²) in [5.41, 5.74) is 0.716. The summed E-state index contributed by atoms with van der Waals surface area (Å²) in [7, 11) is -0.417. The molecule has 1 heterocycles. The van der Waals surface area contributed by atoms with Crippen LogP contribution in [0.3, 0.4) is 0 Å². The second-order valence-electron chi connectivity index (χ2n) is 6.91. The van der Waals surface area contributed by atoms with Gasteiger partial charge in [-0.3, -0.25) is 4.99 Å². The Morgan fingerprint density at radius 2 is 2.17 bits per heavy atom. The van der Waals surface area contributed by atoms with E-state index in [0.29, 0.717) is 24.7 Å². The molecule has 11 heteroatoms. The highest BCUT2D eigenvalue weighted by atomic mass is 127. The molecule has 0 bridgehead atoms. The summed E-state index contributed by atoms with van der Waals surface area (Å²) in [6.45, 7) is 3.03. The van der Waals surface area contributed by atoms with Crippen molar-refractivity contribution < 1.29 is 22.3 Å². The lowest BCUT2D eigenvalue weighted by Crippen LogP contribution is -2.43. The Kier molecular flexibility index (Phi) is 11.9. The molecule has 172 valence electrons. The zero-order chi connectivity index (χ0) is 21.3. The molecule has 3 N–H and O–H groups in total. The van der Waals surface area contributed by atoms with Crippen molar-refractivity contribution in [1.29, 1.82) is 0 Å². The van der Waals surface area contributed by atoms with Crippen molar-refractivity contribution in [3.8, 4) is 5.75 Å². The lowest BCUT2D eigenvalue weighted by molar-refractivity contribution is 0.0200. The van der Waals surface area contributed by atoms with Gasteiger partial charge in [0.25, 0.3) is 0 Å². The summed E-state index contributed by atoms with van der Waals surface area (Å²) in [5.74, 6) is 0.0754. The van der Waals surface area contributed by atoms with Gasteiger partial charge in [0, 0.05) is 26.7 Å². The average molecular weight is 558 g/mol. The highest BCUT2D eigenvalue weighted by molar-refractivity contribution is 14.0.